The molecule has 7 heteroatoms. The van der Waals surface area contributed by atoms with Gasteiger partial charge < -0.3 is 19.5 Å². The number of likely N-dealkylation sites (N-methyl/N-ethyl adjacent to an activating group) is 1. The third-order valence-corrected chi connectivity index (χ3v) is 5.22. The van der Waals surface area contributed by atoms with Gasteiger partial charge in [-0.2, -0.15) is 5.26 Å². The van der Waals surface area contributed by atoms with Gasteiger partial charge >= 0.3 is 0 Å². The summed E-state index contributed by atoms with van der Waals surface area (Å²) in [7, 11) is 2.09. The molecule has 1 N–H and O–H groups in total. The van der Waals surface area contributed by atoms with Gasteiger partial charge in [0.2, 0.25) is 5.76 Å². The average Bonchev–Trinajstić information content (AvgIpc) is 3.25. The first-order valence-corrected chi connectivity index (χ1v) is 9.69. The van der Waals surface area contributed by atoms with E-state index in [1.165, 1.54) is 18.2 Å². The van der Waals surface area contributed by atoms with Crippen molar-refractivity contribution in [1.29, 1.82) is 5.26 Å². The summed E-state index contributed by atoms with van der Waals surface area (Å²) in [5.74, 6) is -0.788. The summed E-state index contributed by atoms with van der Waals surface area (Å²) in [4.78, 5) is 17.1. The topological polar surface area (TPSA) is 72.5 Å². The lowest BCUT2D eigenvalue weighted by atomic mass is 10.0. The molecule has 1 aliphatic heterocycles. The highest BCUT2D eigenvalue weighted by molar-refractivity contribution is 6.05. The van der Waals surface area contributed by atoms with Crippen LogP contribution < -0.4 is 10.2 Å². The number of benzene rings is 2. The Morgan fingerprint density at radius 3 is 2.53 bits per heavy atom. The molecule has 0 unspecified atom stereocenters. The van der Waals surface area contributed by atoms with Crippen molar-refractivity contribution in [2.75, 3.05) is 43.4 Å². The Kier molecular flexibility index (Phi) is 5.50. The first-order valence-electron chi connectivity index (χ1n) is 9.69. The third kappa shape index (κ3) is 4.04. The van der Waals surface area contributed by atoms with Crippen LogP contribution in [0.25, 0.3) is 11.1 Å². The van der Waals surface area contributed by atoms with Gasteiger partial charge in [-0.05, 0) is 43.4 Å². The number of carbonyl (C=O) groups is 1. The minimum Gasteiger partial charge on any atom is -0.440 e. The zero-order valence-corrected chi connectivity index (χ0v) is 16.6. The highest BCUT2D eigenvalue weighted by Gasteiger charge is 2.19. The first-order chi connectivity index (χ1) is 14.5. The van der Waals surface area contributed by atoms with Gasteiger partial charge in [-0.15, -0.1) is 0 Å². The van der Waals surface area contributed by atoms with Crippen LogP contribution in [0.5, 0.6) is 0 Å². The lowest BCUT2D eigenvalue weighted by molar-refractivity contribution is 0.0996. The van der Waals surface area contributed by atoms with Gasteiger partial charge in [0, 0.05) is 48.7 Å². The lowest BCUT2D eigenvalue weighted by Crippen LogP contribution is -2.44. The number of nitrogens with zero attached hydrogens (tertiary/aromatic N) is 3. The molecule has 152 valence electrons. The zero-order chi connectivity index (χ0) is 21.1. The molecular formula is C23H21FN4O2. The fourth-order valence-corrected chi connectivity index (χ4v) is 3.51. The van der Waals surface area contributed by atoms with E-state index in [-0.39, 0.29) is 17.3 Å². The van der Waals surface area contributed by atoms with E-state index < -0.39 is 5.91 Å². The quantitative estimate of drug-likeness (QED) is 0.713. The standard InChI is InChI=1S/C23H21FN4O2/c1-27-10-12-28(13-11-27)16-6-8-21(19(14-16)18-4-2-3-5-20(18)24)26-23(29)22-9-7-17(15-25)30-22/h2-9,14H,10-13H2,1H3,(H,26,29). The molecule has 0 saturated carbocycles. The Balaban J connectivity index is 1.69. The number of amides is 1. The molecule has 30 heavy (non-hydrogen) atoms. The van der Waals surface area contributed by atoms with Gasteiger partial charge in [-0.3, -0.25) is 4.79 Å². The molecule has 3 aromatic rings. The van der Waals surface area contributed by atoms with E-state index in [0.717, 1.165) is 31.9 Å². The van der Waals surface area contributed by atoms with Crippen molar-refractivity contribution >= 4 is 17.3 Å². The third-order valence-electron chi connectivity index (χ3n) is 5.22. The summed E-state index contributed by atoms with van der Waals surface area (Å²) < 4.78 is 19.8. The van der Waals surface area contributed by atoms with Crippen LogP contribution in [0.3, 0.4) is 0 Å². The maximum atomic E-state index is 14.6. The zero-order valence-electron chi connectivity index (χ0n) is 16.6. The number of rotatable bonds is 4. The average molecular weight is 404 g/mol. The minimum atomic E-state index is -0.499. The summed E-state index contributed by atoms with van der Waals surface area (Å²) in [5.41, 5.74) is 2.44. The second kappa shape index (κ2) is 8.39. The number of halogens is 1. The molecule has 1 aliphatic rings. The number of furan rings is 1. The van der Waals surface area contributed by atoms with Crippen molar-refractivity contribution in [1.82, 2.24) is 4.90 Å². The van der Waals surface area contributed by atoms with E-state index in [1.807, 2.05) is 18.2 Å². The molecular weight excluding hydrogens is 383 g/mol. The highest BCUT2D eigenvalue weighted by atomic mass is 19.1. The number of nitriles is 1. The van der Waals surface area contributed by atoms with Gasteiger partial charge in [0.05, 0.1) is 0 Å². The van der Waals surface area contributed by atoms with Crippen LogP contribution in [0.4, 0.5) is 15.8 Å². The van der Waals surface area contributed by atoms with Crippen molar-refractivity contribution < 1.29 is 13.6 Å². The van der Waals surface area contributed by atoms with Crippen LogP contribution in [0.15, 0.2) is 59.0 Å². The number of anilines is 2. The second-order valence-corrected chi connectivity index (χ2v) is 7.23. The van der Waals surface area contributed by atoms with Crippen LogP contribution in [0.2, 0.25) is 0 Å². The molecule has 0 bridgehead atoms. The summed E-state index contributed by atoms with van der Waals surface area (Å²) in [6.45, 7) is 3.66. The number of piperazine rings is 1. The van der Waals surface area contributed by atoms with Crippen LogP contribution in [0.1, 0.15) is 16.3 Å². The van der Waals surface area contributed by atoms with E-state index in [9.17, 15) is 9.18 Å². The summed E-state index contributed by atoms with van der Waals surface area (Å²) >= 11 is 0. The largest absolute Gasteiger partial charge is 0.440 e. The van der Waals surface area contributed by atoms with E-state index in [1.54, 1.807) is 24.3 Å². The number of nitrogens with one attached hydrogen (secondary N) is 1. The molecule has 0 atom stereocenters. The normalized spacial score (nSPS) is 14.4. The fourth-order valence-electron chi connectivity index (χ4n) is 3.51. The van der Waals surface area contributed by atoms with Crippen molar-refractivity contribution in [3.8, 4) is 17.2 Å². The Morgan fingerprint density at radius 1 is 1.07 bits per heavy atom. The number of hydrogen-bond donors (Lipinski definition) is 1. The molecule has 1 fully saturated rings. The number of hydrogen-bond acceptors (Lipinski definition) is 5. The molecule has 4 rings (SSSR count). The molecule has 0 aliphatic carbocycles. The minimum absolute atomic E-state index is 0.0224. The van der Waals surface area contributed by atoms with Crippen molar-refractivity contribution in [3.05, 3.63) is 71.9 Å². The monoisotopic (exact) mass is 404 g/mol. The van der Waals surface area contributed by atoms with Gasteiger partial charge in [0.1, 0.15) is 11.9 Å². The maximum Gasteiger partial charge on any atom is 0.291 e. The number of carbonyl (C=O) groups excluding carboxylic acids is 1. The van der Waals surface area contributed by atoms with E-state index >= 15 is 0 Å². The van der Waals surface area contributed by atoms with Gasteiger partial charge in [-0.1, -0.05) is 18.2 Å². The Bertz CT molecular complexity index is 1110. The van der Waals surface area contributed by atoms with E-state index in [2.05, 4.69) is 22.2 Å². The van der Waals surface area contributed by atoms with E-state index in [0.29, 0.717) is 16.8 Å². The molecule has 1 aromatic heterocycles. The Hall–Kier alpha value is -3.63. The molecule has 0 radical (unpaired) electrons. The van der Waals surface area contributed by atoms with Crippen LogP contribution in [-0.2, 0) is 0 Å². The molecule has 1 saturated heterocycles. The predicted molar refractivity (Wildman–Crippen MR) is 113 cm³/mol. The summed E-state index contributed by atoms with van der Waals surface area (Å²) in [6.07, 6.45) is 0. The molecule has 6 nitrogen and oxygen atoms in total. The van der Waals surface area contributed by atoms with E-state index in [4.69, 9.17) is 9.68 Å². The summed E-state index contributed by atoms with van der Waals surface area (Å²) in [5, 5.41) is 11.7. The van der Waals surface area contributed by atoms with Crippen molar-refractivity contribution in [2.45, 2.75) is 0 Å². The van der Waals surface area contributed by atoms with Crippen LogP contribution >= 0.6 is 0 Å². The molecule has 2 aromatic carbocycles. The lowest BCUT2D eigenvalue weighted by Gasteiger charge is -2.34. The fraction of sp³-hybridized carbons (Fsp3) is 0.217. The van der Waals surface area contributed by atoms with Gasteiger partial charge in [-0.25, -0.2) is 4.39 Å². The van der Waals surface area contributed by atoms with Gasteiger partial charge in [0.15, 0.2) is 5.76 Å². The summed E-state index contributed by atoms with van der Waals surface area (Å²) in [6, 6.07) is 16.8. The van der Waals surface area contributed by atoms with Gasteiger partial charge in [0.25, 0.3) is 5.91 Å². The van der Waals surface area contributed by atoms with Crippen molar-refractivity contribution in [3.63, 3.8) is 0 Å². The smallest absolute Gasteiger partial charge is 0.291 e. The second-order valence-electron chi connectivity index (χ2n) is 7.23. The Labute approximate surface area is 174 Å². The van der Waals surface area contributed by atoms with Crippen LogP contribution in [-0.4, -0.2) is 44.0 Å². The van der Waals surface area contributed by atoms with Crippen molar-refractivity contribution in [2.24, 2.45) is 0 Å². The molecule has 2 heterocycles. The predicted octanol–water partition coefficient (Wildman–Crippen LogP) is 3.96. The maximum absolute atomic E-state index is 14.6. The molecule has 1 amide bonds. The SMILES string of the molecule is CN1CCN(c2ccc(NC(=O)c3ccc(C#N)o3)c(-c3ccccc3F)c2)CC1. The van der Waals surface area contributed by atoms with Crippen LogP contribution in [0, 0.1) is 17.1 Å². The first kappa shape index (κ1) is 19.7. The molecule has 0 spiro atoms. The Morgan fingerprint density at radius 2 is 1.83 bits per heavy atom. The highest BCUT2D eigenvalue weighted by Crippen LogP contribution is 2.34.